The van der Waals surface area contributed by atoms with E-state index in [2.05, 4.69) is 26.1 Å². The van der Waals surface area contributed by atoms with E-state index in [9.17, 15) is 9.59 Å². The summed E-state index contributed by atoms with van der Waals surface area (Å²) < 4.78 is 2.21. The number of carbonyl (C=O) groups excluding carboxylic acids is 2. The molecule has 2 aromatic rings. The van der Waals surface area contributed by atoms with Gasteiger partial charge in [-0.3, -0.25) is 9.59 Å². The minimum atomic E-state index is -0.0769. The minimum Gasteiger partial charge on any atom is -0.356 e. The Balaban J connectivity index is 1.22. The number of carbonyl (C=O) groups is 2. The zero-order valence-corrected chi connectivity index (χ0v) is 17.1. The number of nitrogens with one attached hydrogen (secondary N) is 1. The highest BCUT2D eigenvalue weighted by atomic mass is 16.2. The van der Waals surface area contributed by atoms with Crippen molar-refractivity contribution in [1.29, 1.82) is 0 Å². The maximum Gasteiger partial charge on any atom is 0.220 e. The fraction of sp³-hybridized carbons (Fsp3) is 0.565. The lowest BCUT2D eigenvalue weighted by molar-refractivity contribution is -0.121. The Kier molecular flexibility index (Phi) is 6.37. The molecule has 2 aliphatic rings. The van der Waals surface area contributed by atoms with Crippen LogP contribution in [0.1, 0.15) is 78.1 Å². The van der Waals surface area contributed by atoms with Gasteiger partial charge in [0.2, 0.25) is 5.91 Å². The van der Waals surface area contributed by atoms with Crippen molar-refractivity contribution in [1.82, 2.24) is 20.1 Å². The number of aromatic nitrogens is 3. The lowest BCUT2D eigenvalue weighted by Gasteiger charge is -2.16. The summed E-state index contributed by atoms with van der Waals surface area (Å²) in [6.45, 7) is 1.50. The molecule has 1 N–H and O–H groups in total. The van der Waals surface area contributed by atoms with Crippen molar-refractivity contribution in [2.45, 2.75) is 77.2 Å². The molecule has 0 spiro atoms. The van der Waals surface area contributed by atoms with Crippen molar-refractivity contribution in [3.8, 4) is 0 Å². The Hall–Kier alpha value is -2.50. The molecule has 1 amide bonds. The molecule has 6 nitrogen and oxygen atoms in total. The smallest absolute Gasteiger partial charge is 0.220 e. The normalized spacial score (nSPS) is 15.9. The van der Waals surface area contributed by atoms with Crippen LogP contribution in [0.2, 0.25) is 0 Å². The van der Waals surface area contributed by atoms with E-state index in [0.29, 0.717) is 13.0 Å². The molecule has 0 radical (unpaired) electrons. The van der Waals surface area contributed by atoms with Crippen molar-refractivity contribution in [3.63, 3.8) is 0 Å². The molecule has 0 atom stereocenters. The molecule has 6 heteroatoms. The summed E-state index contributed by atoms with van der Waals surface area (Å²) in [7, 11) is 0. The molecule has 1 aliphatic heterocycles. The van der Waals surface area contributed by atoms with E-state index in [0.717, 1.165) is 49.4 Å². The molecule has 1 aromatic carbocycles. The quantitative estimate of drug-likeness (QED) is 0.732. The van der Waals surface area contributed by atoms with Crippen molar-refractivity contribution < 1.29 is 9.59 Å². The maximum atomic E-state index is 12.5. The first-order valence-corrected chi connectivity index (χ1v) is 11.0. The lowest BCUT2D eigenvalue weighted by atomic mass is 9.89. The van der Waals surface area contributed by atoms with Crippen LogP contribution in [-0.4, -0.2) is 33.0 Å². The highest BCUT2D eigenvalue weighted by Gasteiger charge is 2.16. The van der Waals surface area contributed by atoms with Gasteiger partial charge in [-0.05, 0) is 55.7 Å². The number of ketones is 1. The third-order valence-electron chi connectivity index (χ3n) is 6.11. The number of aryl methyl sites for hydroxylation is 3. The van der Waals surface area contributed by atoms with Crippen molar-refractivity contribution in [3.05, 3.63) is 46.5 Å². The number of nitrogens with zero attached hydrogens (tertiary/aromatic N) is 3. The molecule has 0 fully saturated rings. The van der Waals surface area contributed by atoms with Crippen molar-refractivity contribution in [2.24, 2.45) is 0 Å². The predicted octanol–water partition coefficient (Wildman–Crippen LogP) is 3.21. The number of amides is 1. The summed E-state index contributed by atoms with van der Waals surface area (Å²) in [5.74, 6) is 2.00. The van der Waals surface area contributed by atoms with Crippen LogP contribution in [-0.2, 0) is 37.0 Å². The number of benzene rings is 1. The van der Waals surface area contributed by atoms with E-state index in [1.807, 2.05) is 12.1 Å². The molecule has 1 aliphatic carbocycles. The van der Waals surface area contributed by atoms with Crippen LogP contribution in [0.3, 0.4) is 0 Å². The molecule has 0 saturated carbocycles. The first-order valence-electron chi connectivity index (χ1n) is 11.0. The van der Waals surface area contributed by atoms with Gasteiger partial charge in [-0.1, -0.05) is 18.6 Å². The Bertz CT molecular complexity index is 887. The molecular formula is C23H30N4O2. The fourth-order valence-corrected chi connectivity index (χ4v) is 4.41. The van der Waals surface area contributed by atoms with Gasteiger partial charge in [-0.15, -0.1) is 10.2 Å². The van der Waals surface area contributed by atoms with Crippen LogP contribution in [0.15, 0.2) is 18.2 Å². The minimum absolute atomic E-state index is 0.0521. The van der Waals surface area contributed by atoms with E-state index in [1.165, 1.54) is 36.8 Å². The number of hydrogen-bond donors (Lipinski definition) is 1. The van der Waals surface area contributed by atoms with Crippen LogP contribution in [0.4, 0.5) is 0 Å². The summed E-state index contributed by atoms with van der Waals surface area (Å²) >= 11 is 0. The Morgan fingerprint density at radius 1 is 0.931 bits per heavy atom. The number of Topliss-reactive ketones (excluding diaryl/α,β-unsaturated/α-hetero) is 1. The first kappa shape index (κ1) is 19.8. The average Bonchev–Trinajstić information content (AvgIpc) is 2.97. The summed E-state index contributed by atoms with van der Waals surface area (Å²) in [5, 5.41) is 11.5. The summed E-state index contributed by atoms with van der Waals surface area (Å²) in [4.78, 5) is 24.7. The zero-order chi connectivity index (χ0) is 20.1. The van der Waals surface area contributed by atoms with E-state index in [1.54, 1.807) is 0 Å². The lowest BCUT2D eigenvalue weighted by Crippen LogP contribution is -2.27. The number of hydrogen-bond acceptors (Lipinski definition) is 4. The third kappa shape index (κ3) is 4.92. The van der Waals surface area contributed by atoms with Crippen LogP contribution in [0.5, 0.6) is 0 Å². The monoisotopic (exact) mass is 394 g/mol. The number of rotatable bonds is 7. The van der Waals surface area contributed by atoms with Crippen LogP contribution < -0.4 is 5.32 Å². The molecule has 0 unspecified atom stereocenters. The van der Waals surface area contributed by atoms with E-state index in [-0.39, 0.29) is 24.5 Å². The van der Waals surface area contributed by atoms with Gasteiger partial charge in [0.15, 0.2) is 5.78 Å². The molecule has 2 heterocycles. The topological polar surface area (TPSA) is 76.9 Å². The van der Waals surface area contributed by atoms with Crippen LogP contribution in [0, 0.1) is 0 Å². The molecule has 0 bridgehead atoms. The average molecular weight is 395 g/mol. The standard InChI is InChI=1S/C23H30N4O2/c28-20(19-10-9-17-6-3-4-7-18(17)16-19)11-12-23(29)24-14-13-22-26-25-21-8-2-1-5-15-27(21)22/h9-10,16H,1-8,11-15H2,(H,24,29). The molecule has 29 heavy (non-hydrogen) atoms. The van der Waals surface area contributed by atoms with Gasteiger partial charge in [0.1, 0.15) is 11.6 Å². The maximum absolute atomic E-state index is 12.5. The van der Waals surface area contributed by atoms with Gasteiger partial charge in [-0.2, -0.15) is 0 Å². The summed E-state index contributed by atoms with van der Waals surface area (Å²) in [5.41, 5.74) is 3.42. The van der Waals surface area contributed by atoms with E-state index in [4.69, 9.17) is 0 Å². The Morgan fingerprint density at radius 2 is 1.76 bits per heavy atom. The molecule has 154 valence electrons. The molecule has 0 saturated heterocycles. The van der Waals surface area contributed by atoms with Crippen molar-refractivity contribution >= 4 is 11.7 Å². The Morgan fingerprint density at radius 3 is 2.66 bits per heavy atom. The van der Waals surface area contributed by atoms with Gasteiger partial charge in [0, 0.05) is 44.3 Å². The zero-order valence-electron chi connectivity index (χ0n) is 17.1. The van der Waals surface area contributed by atoms with E-state index < -0.39 is 0 Å². The van der Waals surface area contributed by atoms with Gasteiger partial charge in [0.05, 0.1) is 0 Å². The highest BCUT2D eigenvalue weighted by Crippen LogP contribution is 2.23. The largest absolute Gasteiger partial charge is 0.356 e. The van der Waals surface area contributed by atoms with E-state index >= 15 is 0 Å². The van der Waals surface area contributed by atoms with Gasteiger partial charge < -0.3 is 9.88 Å². The highest BCUT2D eigenvalue weighted by molar-refractivity contribution is 5.98. The van der Waals surface area contributed by atoms with Gasteiger partial charge in [-0.25, -0.2) is 0 Å². The summed E-state index contributed by atoms with van der Waals surface area (Å²) in [6.07, 6.45) is 10.3. The van der Waals surface area contributed by atoms with Crippen LogP contribution >= 0.6 is 0 Å². The summed E-state index contributed by atoms with van der Waals surface area (Å²) in [6, 6.07) is 6.04. The second-order valence-corrected chi connectivity index (χ2v) is 8.21. The molecular weight excluding hydrogens is 364 g/mol. The number of fused-ring (bicyclic) bond motifs is 2. The second kappa shape index (κ2) is 9.33. The molecule has 4 rings (SSSR count). The first-order chi connectivity index (χ1) is 14.2. The fourth-order valence-electron chi connectivity index (χ4n) is 4.41. The SMILES string of the molecule is O=C(CCC(=O)c1ccc2c(c1)CCCC2)NCCc1nnc2n1CCCCC2. The third-order valence-corrected chi connectivity index (χ3v) is 6.11. The Labute approximate surface area is 172 Å². The van der Waals surface area contributed by atoms with Crippen LogP contribution in [0.25, 0.3) is 0 Å². The predicted molar refractivity (Wildman–Crippen MR) is 111 cm³/mol. The van der Waals surface area contributed by atoms with Crippen molar-refractivity contribution in [2.75, 3.05) is 6.54 Å². The second-order valence-electron chi connectivity index (χ2n) is 8.21. The van der Waals surface area contributed by atoms with Gasteiger partial charge >= 0.3 is 0 Å². The molecule has 1 aromatic heterocycles. The van der Waals surface area contributed by atoms with Gasteiger partial charge in [0.25, 0.3) is 0 Å².